The topological polar surface area (TPSA) is 52.0 Å². The van der Waals surface area contributed by atoms with Crippen LogP contribution >= 0.6 is 0 Å². The quantitative estimate of drug-likeness (QED) is 0.862. The highest BCUT2D eigenvalue weighted by atomic mass is 16.5. The molecule has 0 aliphatic heterocycles. The van der Waals surface area contributed by atoms with E-state index in [-0.39, 0.29) is 12.1 Å². The molecule has 2 aromatic rings. The van der Waals surface area contributed by atoms with E-state index in [0.717, 1.165) is 17.9 Å². The maximum atomic E-state index is 5.45. The molecule has 0 aliphatic carbocycles. The summed E-state index contributed by atoms with van der Waals surface area (Å²) < 4.78 is 7.30. The molecule has 0 amide bonds. The molecule has 0 radical (unpaired) electrons. The first-order chi connectivity index (χ1) is 9.27. The van der Waals surface area contributed by atoms with Crippen LogP contribution in [0.1, 0.15) is 25.6 Å². The Balaban J connectivity index is 2.36. The van der Waals surface area contributed by atoms with Crippen molar-refractivity contribution in [2.75, 3.05) is 13.7 Å². The van der Waals surface area contributed by atoms with Crippen LogP contribution in [0.5, 0.6) is 0 Å². The first kappa shape index (κ1) is 13.7. The SMILES string of the molecule is CCNC(c1cnnn1-c1ccccc1)C(C)OC. The summed E-state index contributed by atoms with van der Waals surface area (Å²) in [4.78, 5) is 0. The normalized spacial score (nSPS) is 14.3. The van der Waals surface area contributed by atoms with Gasteiger partial charge < -0.3 is 10.1 Å². The average Bonchev–Trinajstić information content (AvgIpc) is 2.94. The van der Waals surface area contributed by atoms with Crippen molar-refractivity contribution in [3.8, 4) is 5.69 Å². The van der Waals surface area contributed by atoms with Gasteiger partial charge in [0.1, 0.15) is 0 Å². The van der Waals surface area contributed by atoms with E-state index in [9.17, 15) is 0 Å². The van der Waals surface area contributed by atoms with E-state index in [1.165, 1.54) is 0 Å². The van der Waals surface area contributed by atoms with E-state index in [1.807, 2.05) is 41.9 Å². The molecule has 0 fully saturated rings. The van der Waals surface area contributed by atoms with E-state index in [1.54, 1.807) is 13.3 Å². The van der Waals surface area contributed by atoms with Gasteiger partial charge in [0.05, 0.1) is 29.7 Å². The van der Waals surface area contributed by atoms with Crippen LogP contribution in [0.15, 0.2) is 36.5 Å². The van der Waals surface area contributed by atoms with Crippen LogP contribution in [-0.4, -0.2) is 34.8 Å². The van der Waals surface area contributed by atoms with Crippen LogP contribution < -0.4 is 5.32 Å². The molecule has 1 aromatic carbocycles. The Morgan fingerprint density at radius 1 is 1.32 bits per heavy atom. The highest BCUT2D eigenvalue weighted by Crippen LogP contribution is 2.20. The molecule has 2 atom stereocenters. The fourth-order valence-electron chi connectivity index (χ4n) is 2.09. The van der Waals surface area contributed by atoms with Crippen LogP contribution in [0.25, 0.3) is 5.69 Å². The highest BCUT2D eigenvalue weighted by Gasteiger charge is 2.23. The van der Waals surface area contributed by atoms with Gasteiger partial charge in [-0.3, -0.25) is 0 Å². The largest absolute Gasteiger partial charge is 0.380 e. The van der Waals surface area contributed by atoms with Gasteiger partial charge in [-0.05, 0) is 25.6 Å². The second-order valence-corrected chi connectivity index (χ2v) is 4.38. The number of nitrogens with zero attached hydrogens (tertiary/aromatic N) is 3. The van der Waals surface area contributed by atoms with Gasteiger partial charge >= 0.3 is 0 Å². The summed E-state index contributed by atoms with van der Waals surface area (Å²) in [5, 5.41) is 11.6. The molecule has 1 heterocycles. The maximum Gasteiger partial charge on any atom is 0.0841 e. The summed E-state index contributed by atoms with van der Waals surface area (Å²) in [6.45, 7) is 4.97. The minimum absolute atomic E-state index is 0.0425. The zero-order valence-corrected chi connectivity index (χ0v) is 11.6. The molecule has 0 aliphatic rings. The fraction of sp³-hybridized carbons (Fsp3) is 0.429. The second kappa shape index (κ2) is 6.45. The predicted octanol–water partition coefficient (Wildman–Crippen LogP) is 1.95. The molecule has 2 rings (SSSR count). The molecule has 1 aromatic heterocycles. The summed E-state index contributed by atoms with van der Waals surface area (Å²) in [6, 6.07) is 10.0. The number of methoxy groups -OCH3 is 1. The zero-order valence-electron chi connectivity index (χ0n) is 11.6. The maximum absolute atomic E-state index is 5.45. The minimum Gasteiger partial charge on any atom is -0.380 e. The lowest BCUT2D eigenvalue weighted by atomic mass is 10.1. The molecule has 0 saturated heterocycles. The molecule has 5 nitrogen and oxygen atoms in total. The molecule has 0 bridgehead atoms. The number of benzene rings is 1. The number of hydrogen-bond donors (Lipinski definition) is 1. The summed E-state index contributed by atoms with van der Waals surface area (Å²) >= 11 is 0. The standard InChI is InChI=1S/C14H20N4O/c1-4-15-14(11(2)19-3)13-10-16-17-18(13)12-8-6-5-7-9-12/h5-11,14-15H,4H2,1-3H3. The lowest BCUT2D eigenvalue weighted by Crippen LogP contribution is -2.33. The van der Waals surface area contributed by atoms with Crippen LogP contribution in [0.2, 0.25) is 0 Å². The van der Waals surface area contributed by atoms with Gasteiger partial charge in [0.15, 0.2) is 0 Å². The van der Waals surface area contributed by atoms with Crippen LogP contribution in [0, 0.1) is 0 Å². The first-order valence-corrected chi connectivity index (χ1v) is 6.50. The molecule has 1 N–H and O–H groups in total. The number of para-hydroxylation sites is 1. The van der Waals surface area contributed by atoms with Gasteiger partial charge in [-0.15, -0.1) is 5.10 Å². The van der Waals surface area contributed by atoms with Crippen molar-refractivity contribution in [3.63, 3.8) is 0 Å². The molecule has 19 heavy (non-hydrogen) atoms. The molecule has 0 saturated carbocycles. The van der Waals surface area contributed by atoms with Crippen molar-refractivity contribution < 1.29 is 4.74 Å². The number of ether oxygens (including phenoxy) is 1. The summed E-state index contributed by atoms with van der Waals surface area (Å²) in [6.07, 6.45) is 1.83. The smallest absolute Gasteiger partial charge is 0.0841 e. The van der Waals surface area contributed by atoms with Gasteiger partial charge in [-0.25, -0.2) is 4.68 Å². The average molecular weight is 260 g/mol. The summed E-state index contributed by atoms with van der Waals surface area (Å²) in [5.41, 5.74) is 2.00. The molecule has 2 unspecified atom stereocenters. The van der Waals surface area contributed by atoms with Crippen LogP contribution in [0.3, 0.4) is 0 Å². The lowest BCUT2D eigenvalue weighted by molar-refractivity contribution is 0.0814. The third-order valence-electron chi connectivity index (χ3n) is 3.16. The van der Waals surface area contributed by atoms with Crippen molar-refractivity contribution in [1.29, 1.82) is 0 Å². The fourth-order valence-corrected chi connectivity index (χ4v) is 2.09. The number of rotatable bonds is 6. The van der Waals surface area contributed by atoms with Gasteiger partial charge in [0.25, 0.3) is 0 Å². The third kappa shape index (κ3) is 3.00. The van der Waals surface area contributed by atoms with Gasteiger partial charge in [0.2, 0.25) is 0 Å². The van der Waals surface area contributed by atoms with E-state index >= 15 is 0 Å². The first-order valence-electron chi connectivity index (χ1n) is 6.50. The van der Waals surface area contributed by atoms with Crippen molar-refractivity contribution >= 4 is 0 Å². The molecule has 102 valence electrons. The second-order valence-electron chi connectivity index (χ2n) is 4.38. The van der Waals surface area contributed by atoms with Gasteiger partial charge in [-0.1, -0.05) is 30.3 Å². The van der Waals surface area contributed by atoms with Crippen molar-refractivity contribution in [2.45, 2.75) is 26.0 Å². The van der Waals surface area contributed by atoms with Crippen LogP contribution in [-0.2, 0) is 4.74 Å². The summed E-state index contributed by atoms with van der Waals surface area (Å²) in [5.74, 6) is 0. The Morgan fingerprint density at radius 2 is 2.05 bits per heavy atom. The Hall–Kier alpha value is -1.72. The number of hydrogen-bond acceptors (Lipinski definition) is 4. The Kier molecular flexibility index (Phi) is 4.65. The van der Waals surface area contributed by atoms with Crippen molar-refractivity contribution in [2.24, 2.45) is 0 Å². The Bertz CT molecular complexity index is 497. The molecule has 0 spiro atoms. The Labute approximate surface area is 113 Å². The number of likely N-dealkylation sites (N-methyl/N-ethyl adjacent to an activating group) is 1. The van der Waals surface area contributed by atoms with E-state index < -0.39 is 0 Å². The van der Waals surface area contributed by atoms with E-state index in [0.29, 0.717) is 0 Å². The minimum atomic E-state index is 0.0425. The zero-order chi connectivity index (χ0) is 13.7. The van der Waals surface area contributed by atoms with E-state index in [4.69, 9.17) is 4.74 Å². The van der Waals surface area contributed by atoms with Crippen molar-refractivity contribution in [3.05, 3.63) is 42.2 Å². The predicted molar refractivity (Wildman–Crippen MR) is 74.2 cm³/mol. The van der Waals surface area contributed by atoms with Gasteiger partial charge in [-0.2, -0.15) is 0 Å². The molecule has 5 heteroatoms. The lowest BCUT2D eigenvalue weighted by Gasteiger charge is -2.23. The third-order valence-corrected chi connectivity index (χ3v) is 3.16. The Morgan fingerprint density at radius 3 is 2.68 bits per heavy atom. The summed E-state index contributed by atoms with van der Waals surface area (Å²) in [7, 11) is 1.71. The highest BCUT2D eigenvalue weighted by molar-refractivity contribution is 5.32. The van der Waals surface area contributed by atoms with Gasteiger partial charge in [0, 0.05) is 7.11 Å². The van der Waals surface area contributed by atoms with E-state index in [2.05, 4.69) is 22.6 Å². The number of nitrogens with one attached hydrogen (secondary N) is 1. The van der Waals surface area contributed by atoms with Crippen LogP contribution in [0.4, 0.5) is 0 Å². The van der Waals surface area contributed by atoms with Crippen molar-refractivity contribution in [1.82, 2.24) is 20.3 Å². The molecular weight excluding hydrogens is 240 g/mol. The molecular formula is C14H20N4O. The number of aromatic nitrogens is 3. The monoisotopic (exact) mass is 260 g/mol.